The molecule has 1 atom stereocenters. The zero-order valence-corrected chi connectivity index (χ0v) is 17.4. The van der Waals surface area contributed by atoms with Gasteiger partial charge in [0, 0.05) is 12.1 Å². The van der Waals surface area contributed by atoms with E-state index in [1.54, 1.807) is 0 Å². The van der Waals surface area contributed by atoms with Crippen LogP contribution in [0.1, 0.15) is 55.1 Å². The maximum absolute atomic E-state index is 12.4. The fourth-order valence-corrected chi connectivity index (χ4v) is 3.38. The van der Waals surface area contributed by atoms with E-state index in [9.17, 15) is 19.2 Å². The molecule has 1 aliphatic carbocycles. The van der Waals surface area contributed by atoms with Gasteiger partial charge in [-0.25, -0.2) is 14.3 Å². The van der Waals surface area contributed by atoms with E-state index in [-0.39, 0.29) is 23.8 Å². The van der Waals surface area contributed by atoms with Crippen molar-refractivity contribution in [2.45, 2.75) is 57.7 Å². The zero-order valence-electron chi connectivity index (χ0n) is 17.4. The summed E-state index contributed by atoms with van der Waals surface area (Å²) in [4.78, 5) is 48.7. The number of hydrogen-bond donors (Lipinski definition) is 2. The third kappa shape index (κ3) is 6.50. The van der Waals surface area contributed by atoms with Gasteiger partial charge in [0.25, 0.3) is 11.5 Å². The normalized spacial score (nSPS) is 15.0. The summed E-state index contributed by atoms with van der Waals surface area (Å²) in [6, 6.07) is 11.1. The Morgan fingerprint density at radius 3 is 2.52 bits per heavy atom. The Kier molecular flexibility index (Phi) is 7.53. The van der Waals surface area contributed by atoms with Crippen molar-refractivity contribution in [1.82, 2.24) is 20.4 Å². The summed E-state index contributed by atoms with van der Waals surface area (Å²) in [5, 5.41) is 9.00. The number of carbonyl (C=O) groups excluding carboxylic acids is 3. The van der Waals surface area contributed by atoms with E-state index in [4.69, 9.17) is 4.74 Å². The highest BCUT2D eigenvalue weighted by molar-refractivity contribution is 5.98. The average molecular weight is 426 g/mol. The molecule has 1 fully saturated rings. The fourth-order valence-electron chi connectivity index (χ4n) is 3.38. The molecule has 3 rings (SSSR count). The molecular formula is C22H26N4O5. The Labute approximate surface area is 179 Å². The lowest BCUT2D eigenvalue weighted by molar-refractivity contribution is -0.127. The summed E-state index contributed by atoms with van der Waals surface area (Å²) in [5.41, 5.74) is 0.367. The molecule has 2 N–H and O–H groups in total. The van der Waals surface area contributed by atoms with Crippen LogP contribution in [0.5, 0.6) is 0 Å². The minimum absolute atomic E-state index is 0.0503. The van der Waals surface area contributed by atoms with Gasteiger partial charge in [-0.1, -0.05) is 49.6 Å². The maximum Gasteiger partial charge on any atom is 0.359 e. The largest absolute Gasteiger partial charge is 0.448 e. The standard InChI is InChI=1S/C22H26N4O5/c1-15(20(28)24-22(30)23-17-10-6-3-7-11-17)31-21(29)18-12-13-19(27)26(25-18)14-16-8-4-2-5-9-16/h2,4-5,8-9,12-13,15,17H,3,6-7,10-11,14H2,1H3,(H2,23,24,28,30). The summed E-state index contributed by atoms with van der Waals surface area (Å²) < 4.78 is 6.27. The molecule has 0 radical (unpaired) electrons. The molecule has 1 aliphatic rings. The lowest BCUT2D eigenvalue weighted by Crippen LogP contribution is -2.48. The number of nitrogens with one attached hydrogen (secondary N) is 2. The van der Waals surface area contributed by atoms with Crippen molar-refractivity contribution in [1.29, 1.82) is 0 Å². The number of esters is 1. The van der Waals surface area contributed by atoms with Gasteiger partial charge in [-0.15, -0.1) is 0 Å². The van der Waals surface area contributed by atoms with Gasteiger partial charge in [-0.05, 0) is 31.4 Å². The Balaban J connectivity index is 1.56. The van der Waals surface area contributed by atoms with Crippen molar-refractivity contribution in [3.8, 4) is 0 Å². The molecule has 1 saturated carbocycles. The summed E-state index contributed by atoms with van der Waals surface area (Å²) in [5.74, 6) is -1.60. The van der Waals surface area contributed by atoms with Gasteiger partial charge in [0.1, 0.15) is 0 Å². The molecule has 1 unspecified atom stereocenters. The third-order valence-corrected chi connectivity index (χ3v) is 5.08. The monoisotopic (exact) mass is 426 g/mol. The predicted molar refractivity (Wildman–Crippen MR) is 112 cm³/mol. The maximum atomic E-state index is 12.4. The molecule has 1 heterocycles. The molecular weight excluding hydrogens is 400 g/mol. The highest BCUT2D eigenvalue weighted by Crippen LogP contribution is 2.17. The van der Waals surface area contributed by atoms with Crippen molar-refractivity contribution in [3.05, 3.63) is 64.1 Å². The number of imide groups is 1. The van der Waals surface area contributed by atoms with Gasteiger partial charge >= 0.3 is 12.0 Å². The van der Waals surface area contributed by atoms with Crippen molar-refractivity contribution >= 4 is 17.9 Å². The minimum atomic E-state index is -1.21. The van der Waals surface area contributed by atoms with Gasteiger partial charge in [-0.2, -0.15) is 5.10 Å². The molecule has 9 heteroatoms. The van der Waals surface area contributed by atoms with E-state index < -0.39 is 24.0 Å². The summed E-state index contributed by atoms with van der Waals surface area (Å²) >= 11 is 0. The predicted octanol–water partition coefficient (Wildman–Crippen LogP) is 2.00. The zero-order chi connectivity index (χ0) is 22.2. The second-order valence-electron chi connectivity index (χ2n) is 7.55. The quantitative estimate of drug-likeness (QED) is 0.682. The van der Waals surface area contributed by atoms with Crippen LogP contribution in [-0.4, -0.2) is 39.8 Å². The molecule has 1 aromatic heterocycles. The number of ether oxygens (including phenoxy) is 1. The van der Waals surface area contributed by atoms with Crippen LogP contribution >= 0.6 is 0 Å². The SMILES string of the molecule is CC(OC(=O)c1ccc(=O)n(Cc2ccccc2)n1)C(=O)NC(=O)NC1CCCCC1. The molecule has 0 saturated heterocycles. The number of hydrogen-bond acceptors (Lipinski definition) is 6. The summed E-state index contributed by atoms with van der Waals surface area (Å²) in [6.45, 7) is 1.55. The number of amides is 3. The second kappa shape index (κ2) is 10.5. The van der Waals surface area contributed by atoms with Crippen LogP contribution < -0.4 is 16.2 Å². The minimum Gasteiger partial charge on any atom is -0.448 e. The number of rotatable bonds is 6. The van der Waals surface area contributed by atoms with Crippen LogP contribution in [0.25, 0.3) is 0 Å². The van der Waals surface area contributed by atoms with Gasteiger partial charge in [-0.3, -0.25) is 14.9 Å². The van der Waals surface area contributed by atoms with Gasteiger partial charge in [0.05, 0.1) is 6.54 Å². The lowest BCUT2D eigenvalue weighted by Gasteiger charge is -2.23. The van der Waals surface area contributed by atoms with Crippen LogP contribution in [0.4, 0.5) is 4.79 Å². The number of aromatic nitrogens is 2. The first-order valence-electron chi connectivity index (χ1n) is 10.4. The Hall–Kier alpha value is -3.49. The van der Waals surface area contributed by atoms with Gasteiger partial charge in [0.15, 0.2) is 11.8 Å². The van der Waals surface area contributed by atoms with Crippen LogP contribution in [0.2, 0.25) is 0 Å². The first-order valence-corrected chi connectivity index (χ1v) is 10.4. The van der Waals surface area contributed by atoms with E-state index in [2.05, 4.69) is 15.7 Å². The van der Waals surface area contributed by atoms with E-state index in [1.165, 1.54) is 19.1 Å². The van der Waals surface area contributed by atoms with E-state index in [1.807, 2.05) is 30.3 Å². The number of urea groups is 1. The summed E-state index contributed by atoms with van der Waals surface area (Å²) in [7, 11) is 0. The van der Waals surface area contributed by atoms with Crippen molar-refractivity contribution in [3.63, 3.8) is 0 Å². The first kappa shape index (κ1) is 22.2. The third-order valence-electron chi connectivity index (χ3n) is 5.08. The van der Waals surface area contributed by atoms with E-state index in [0.29, 0.717) is 0 Å². The number of carbonyl (C=O) groups is 3. The highest BCUT2D eigenvalue weighted by Gasteiger charge is 2.23. The Bertz CT molecular complexity index is 983. The van der Waals surface area contributed by atoms with E-state index >= 15 is 0 Å². The molecule has 2 aromatic rings. The Morgan fingerprint density at radius 2 is 1.81 bits per heavy atom. The smallest absolute Gasteiger partial charge is 0.359 e. The van der Waals surface area contributed by atoms with Crippen LogP contribution in [0.15, 0.2) is 47.3 Å². The molecule has 3 amide bonds. The van der Waals surface area contributed by atoms with E-state index in [0.717, 1.165) is 42.3 Å². The molecule has 1 aromatic carbocycles. The van der Waals surface area contributed by atoms with Crippen LogP contribution in [0, 0.1) is 0 Å². The fraction of sp³-hybridized carbons (Fsp3) is 0.409. The first-order chi connectivity index (χ1) is 14.9. The molecule has 164 valence electrons. The van der Waals surface area contributed by atoms with Crippen molar-refractivity contribution in [2.24, 2.45) is 0 Å². The van der Waals surface area contributed by atoms with Crippen LogP contribution in [-0.2, 0) is 16.1 Å². The van der Waals surface area contributed by atoms with Gasteiger partial charge in [0.2, 0.25) is 0 Å². The summed E-state index contributed by atoms with van der Waals surface area (Å²) in [6.07, 6.45) is 3.81. The topological polar surface area (TPSA) is 119 Å². The van der Waals surface area contributed by atoms with Gasteiger partial charge < -0.3 is 10.1 Å². The van der Waals surface area contributed by atoms with Crippen LogP contribution in [0.3, 0.4) is 0 Å². The lowest BCUT2D eigenvalue weighted by atomic mass is 9.96. The van der Waals surface area contributed by atoms with Crippen molar-refractivity contribution < 1.29 is 19.1 Å². The molecule has 0 aliphatic heterocycles. The molecule has 0 spiro atoms. The van der Waals surface area contributed by atoms with Crippen molar-refractivity contribution in [2.75, 3.05) is 0 Å². The molecule has 31 heavy (non-hydrogen) atoms. The average Bonchev–Trinajstić information content (AvgIpc) is 2.76. The molecule has 0 bridgehead atoms. The highest BCUT2D eigenvalue weighted by atomic mass is 16.5. The molecule has 9 nitrogen and oxygen atoms in total. The Morgan fingerprint density at radius 1 is 1.10 bits per heavy atom. The number of benzene rings is 1. The second-order valence-corrected chi connectivity index (χ2v) is 7.55. The number of nitrogens with zero attached hydrogens (tertiary/aromatic N) is 2.